The third-order valence-electron chi connectivity index (χ3n) is 3.96. The number of carbonyl (C=O) groups excluding carboxylic acids is 2. The van der Waals surface area contributed by atoms with Crippen molar-refractivity contribution in [1.82, 2.24) is 5.32 Å². The molecule has 0 aromatic heterocycles. The Kier molecular flexibility index (Phi) is 6.62. The summed E-state index contributed by atoms with van der Waals surface area (Å²) >= 11 is 0. The van der Waals surface area contributed by atoms with E-state index in [1.165, 1.54) is 12.1 Å². The number of hydrogen-bond donors (Lipinski definition) is 1. The molecule has 1 aliphatic rings. The third kappa shape index (κ3) is 5.57. The standard InChI is InChI=1S/C21H20FNO5/c22-17-5-2-1-4-16(17)13-23-20(24)14-28-21(25)9-7-15-6-8-18-19(12-15)27-11-3-10-26-18/h1-2,4-9,12H,3,10-11,13-14H2,(H,23,24)/b9-7+. The molecule has 146 valence electrons. The van der Waals surface area contributed by atoms with E-state index in [1.54, 1.807) is 42.5 Å². The van der Waals surface area contributed by atoms with Gasteiger partial charge in [0.2, 0.25) is 0 Å². The Hall–Kier alpha value is -3.35. The summed E-state index contributed by atoms with van der Waals surface area (Å²) in [4.78, 5) is 23.5. The predicted molar refractivity (Wildman–Crippen MR) is 100 cm³/mol. The largest absolute Gasteiger partial charge is 0.490 e. The molecule has 0 aliphatic carbocycles. The van der Waals surface area contributed by atoms with Crippen LogP contribution in [0, 0.1) is 5.82 Å². The summed E-state index contributed by atoms with van der Waals surface area (Å²) in [6, 6.07) is 11.5. The Morgan fingerprint density at radius 3 is 2.71 bits per heavy atom. The van der Waals surface area contributed by atoms with E-state index < -0.39 is 24.3 Å². The molecule has 0 atom stereocenters. The van der Waals surface area contributed by atoms with Gasteiger partial charge in [-0.05, 0) is 29.8 Å². The number of hydrogen-bond acceptors (Lipinski definition) is 5. The molecule has 1 aliphatic heterocycles. The van der Waals surface area contributed by atoms with Crippen LogP contribution in [0.2, 0.25) is 0 Å². The monoisotopic (exact) mass is 385 g/mol. The van der Waals surface area contributed by atoms with E-state index in [-0.39, 0.29) is 6.54 Å². The summed E-state index contributed by atoms with van der Waals surface area (Å²) in [6.45, 7) is 0.756. The number of carbonyl (C=O) groups is 2. The number of amides is 1. The molecule has 0 saturated heterocycles. The lowest BCUT2D eigenvalue weighted by molar-refractivity contribution is -0.143. The highest BCUT2D eigenvalue weighted by atomic mass is 19.1. The van der Waals surface area contributed by atoms with Crippen LogP contribution in [0.25, 0.3) is 6.08 Å². The van der Waals surface area contributed by atoms with E-state index in [1.807, 2.05) is 0 Å². The second-order valence-electron chi connectivity index (χ2n) is 6.07. The molecule has 1 N–H and O–H groups in total. The summed E-state index contributed by atoms with van der Waals surface area (Å²) in [7, 11) is 0. The van der Waals surface area contributed by atoms with Crippen molar-refractivity contribution in [3.63, 3.8) is 0 Å². The molecule has 2 aromatic rings. The molecule has 0 bridgehead atoms. The Balaban J connectivity index is 1.45. The Labute approximate surface area is 161 Å². The van der Waals surface area contributed by atoms with Crippen LogP contribution in [0.5, 0.6) is 11.5 Å². The van der Waals surface area contributed by atoms with Gasteiger partial charge in [-0.15, -0.1) is 0 Å². The van der Waals surface area contributed by atoms with E-state index in [9.17, 15) is 14.0 Å². The lowest BCUT2D eigenvalue weighted by Gasteiger charge is -2.07. The zero-order valence-electron chi connectivity index (χ0n) is 15.2. The molecule has 0 unspecified atom stereocenters. The Morgan fingerprint density at radius 2 is 1.89 bits per heavy atom. The summed E-state index contributed by atoms with van der Waals surface area (Å²) in [5, 5.41) is 2.50. The highest BCUT2D eigenvalue weighted by Gasteiger charge is 2.10. The van der Waals surface area contributed by atoms with Gasteiger partial charge in [-0.25, -0.2) is 9.18 Å². The highest BCUT2D eigenvalue weighted by molar-refractivity contribution is 5.89. The van der Waals surface area contributed by atoms with E-state index in [0.717, 1.165) is 12.0 Å². The van der Waals surface area contributed by atoms with Crippen molar-refractivity contribution >= 4 is 18.0 Å². The van der Waals surface area contributed by atoms with Gasteiger partial charge in [-0.2, -0.15) is 0 Å². The second kappa shape index (κ2) is 9.55. The molecule has 2 aromatic carbocycles. The number of halogens is 1. The molecule has 6 nitrogen and oxygen atoms in total. The van der Waals surface area contributed by atoms with Gasteiger partial charge in [-0.3, -0.25) is 4.79 Å². The first-order valence-electron chi connectivity index (χ1n) is 8.86. The van der Waals surface area contributed by atoms with Crippen molar-refractivity contribution in [2.75, 3.05) is 19.8 Å². The van der Waals surface area contributed by atoms with Crippen LogP contribution in [0.15, 0.2) is 48.5 Å². The van der Waals surface area contributed by atoms with Crippen LogP contribution in [0.3, 0.4) is 0 Å². The van der Waals surface area contributed by atoms with E-state index in [0.29, 0.717) is 30.3 Å². The summed E-state index contributed by atoms with van der Waals surface area (Å²) in [5.41, 5.74) is 1.10. The van der Waals surface area contributed by atoms with Gasteiger partial charge in [0.1, 0.15) is 5.82 Å². The maximum absolute atomic E-state index is 13.5. The molecular formula is C21H20FNO5. The minimum absolute atomic E-state index is 0.0239. The molecule has 3 rings (SSSR count). The number of ether oxygens (including phenoxy) is 3. The summed E-state index contributed by atoms with van der Waals surface area (Å²) < 4.78 is 29.5. The summed E-state index contributed by atoms with van der Waals surface area (Å²) in [6.07, 6.45) is 3.60. The van der Waals surface area contributed by atoms with E-state index in [4.69, 9.17) is 14.2 Å². The number of fused-ring (bicyclic) bond motifs is 1. The number of benzene rings is 2. The maximum atomic E-state index is 13.5. The molecule has 0 spiro atoms. The zero-order chi connectivity index (χ0) is 19.8. The molecule has 7 heteroatoms. The third-order valence-corrected chi connectivity index (χ3v) is 3.96. The highest BCUT2D eigenvalue weighted by Crippen LogP contribution is 2.30. The summed E-state index contributed by atoms with van der Waals surface area (Å²) in [5.74, 6) is -0.282. The van der Waals surface area contributed by atoms with Crippen LogP contribution < -0.4 is 14.8 Å². The maximum Gasteiger partial charge on any atom is 0.331 e. The van der Waals surface area contributed by atoms with Gasteiger partial charge >= 0.3 is 5.97 Å². The second-order valence-corrected chi connectivity index (χ2v) is 6.07. The number of esters is 1. The normalized spacial score (nSPS) is 13.0. The smallest absolute Gasteiger partial charge is 0.331 e. The molecule has 1 heterocycles. The van der Waals surface area contributed by atoms with Gasteiger partial charge in [0, 0.05) is 24.6 Å². The van der Waals surface area contributed by atoms with Crippen molar-refractivity contribution in [1.29, 1.82) is 0 Å². The van der Waals surface area contributed by atoms with Gasteiger partial charge in [0.05, 0.1) is 13.2 Å². The molecule has 0 fully saturated rings. The Bertz CT molecular complexity index is 881. The first kappa shape index (κ1) is 19.4. The fraction of sp³-hybridized carbons (Fsp3) is 0.238. The van der Waals surface area contributed by atoms with Crippen molar-refractivity contribution in [3.8, 4) is 11.5 Å². The minimum atomic E-state index is -0.659. The van der Waals surface area contributed by atoms with Crippen molar-refractivity contribution in [2.24, 2.45) is 0 Å². The van der Waals surface area contributed by atoms with Crippen molar-refractivity contribution in [3.05, 3.63) is 65.5 Å². The molecule has 0 radical (unpaired) electrons. The lowest BCUT2D eigenvalue weighted by atomic mass is 10.2. The topological polar surface area (TPSA) is 73.9 Å². The Morgan fingerprint density at radius 1 is 1.11 bits per heavy atom. The first-order chi connectivity index (χ1) is 13.6. The van der Waals surface area contributed by atoms with Crippen LogP contribution in [0.1, 0.15) is 17.5 Å². The number of nitrogens with one attached hydrogen (secondary N) is 1. The van der Waals surface area contributed by atoms with Crippen LogP contribution in [-0.4, -0.2) is 31.7 Å². The van der Waals surface area contributed by atoms with Crippen LogP contribution >= 0.6 is 0 Å². The lowest BCUT2D eigenvalue weighted by Crippen LogP contribution is -2.28. The zero-order valence-corrected chi connectivity index (χ0v) is 15.2. The fourth-order valence-corrected chi connectivity index (χ4v) is 2.52. The molecular weight excluding hydrogens is 365 g/mol. The van der Waals surface area contributed by atoms with Crippen LogP contribution in [-0.2, 0) is 20.9 Å². The van der Waals surface area contributed by atoms with Gasteiger partial charge in [0.25, 0.3) is 5.91 Å². The molecule has 28 heavy (non-hydrogen) atoms. The SMILES string of the molecule is O=C(COC(=O)/C=C/c1ccc2c(c1)OCCCO2)NCc1ccccc1F. The average molecular weight is 385 g/mol. The predicted octanol–water partition coefficient (Wildman–Crippen LogP) is 2.86. The van der Waals surface area contributed by atoms with Gasteiger partial charge < -0.3 is 19.5 Å². The van der Waals surface area contributed by atoms with E-state index >= 15 is 0 Å². The molecule has 0 saturated carbocycles. The van der Waals surface area contributed by atoms with Gasteiger partial charge in [0.15, 0.2) is 18.1 Å². The van der Waals surface area contributed by atoms with Crippen molar-refractivity contribution in [2.45, 2.75) is 13.0 Å². The number of rotatable bonds is 6. The fourth-order valence-electron chi connectivity index (χ4n) is 2.52. The van der Waals surface area contributed by atoms with Crippen LogP contribution in [0.4, 0.5) is 4.39 Å². The average Bonchev–Trinajstić information content (AvgIpc) is 2.95. The first-order valence-corrected chi connectivity index (χ1v) is 8.86. The molecule has 1 amide bonds. The van der Waals surface area contributed by atoms with Crippen molar-refractivity contribution < 1.29 is 28.2 Å². The quantitative estimate of drug-likeness (QED) is 0.611. The van der Waals surface area contributed by atoms with E-state index in [2.05, 4.69) is 5.32 Å². The van der Waals surface area contributed by atoms with Gasteiger partial charge in [-0.1, -0.05) is 24.3 Å². The minimum Gasteiger partial charge on any atom is -0.490 e.